The van der Waals surface area contributed by atoms with E-state index in [0.29, 0.717) is 5.25 Å². The van der Waals surface area contributed by atoms with Gasteiger partial charge in [-0.25, -0.2) is 0 Å². The van der Waals surface area contributed by atoms with Crippen LogP contribution >= 0.6 is 12.6 Å². The van der Waals surface area contributed by atoms with Crippen LogP contribution in [0.15, 0.2) is 18.2 Å². The molecular weight excluding hydrogens is 164 g/mol. The Labute approximate surface area is 80.4 Å². The molecule has 0 nitrogen and oxygen atoms in total. The molecule has 1 rings (SSSR count). The molecular formula is C11H16S. The minimum absolute atomic E-state index is 0.344. The Bertz CT molecular complexity index is 264. The van der Waals surface area contributed by atoms with Crippen LogP contribution < -0.4 is 0 Å². The fourth-order valence-electron chi connectivity index (χ4n) is 1.36. The molecule has 1 aromatic rings. The second-order valence-electron chi connectivity index (χ2n) is 3.22. The Hall–Kier alpha value is -0.430. The standard InChI is InChI=1S/C11H16S/c1-4-10-6-5-8(2)11(7-10)9(3)12/h5-7,9,12H,4H2,1-3H3/t9-/m1/s1. The van der Waals surface area contributed by atoms with Crippen LogP contribution in [-0.2, 0) is 6.42 Å². The number of thiol groups is 1. The first kappa shape index (κ1) is 9.66. The van der Waals surface area contributed by atoms with Gasteiger partial charge in [0, 0.05) is 5.25 Å². The maximum absolute atomic E-state index is 4.44. The highest BCUT2D eigenvalue weighted by Crippen LogP contribution is 2.23. The number of rotatable bonds is 2. The molecule has 0 aliphatic rings. The summed E-state index contributed by atoms with van der Waals surface area (Å²) in [7, 11) is 0. The zero-order valence-corrected chi connectivity index (χ0v) is 8.86. The summed E-state index contributed by atoms with van der Waals surface area (Å²) in [6.45, 7) is 6.43. The number of aryl methyl sites for hydroxylation is 2. The van der Waals surface area contributed by atoms with E-state index in [0.717, 1.165) is 6.42 Å². The van der Waals surface area contributed by atoms with Gasteiger partial charge in [-0.05, 0) is 37.0 Å². The van der Waals surface area contributed by atoms with Gasteiger partial charge in [0.2, 0.25) is 0 Å². The summed E-state index contributed by atoms with van der Waals surface area (Å²) in [5.74, 6) is 0. The van der Waals surface area contributed by atoms with Gasteiger partial charge in [-0.3, -0.25) is 0 Å². The van der Waals surface area contributed by atoms with Gasteiger partial charge in [0.25, 0.3) is 0 Å². The number of hydrogen-bond donors (Lipinski definition) is 1. The largest absolute Gasteiger partial charge is 0.171 e. The molecule has 12 heavy (non-hydrogen) atoms. The van der Waals surface area contributed by atoms with E-state index in [1.807, 2.05) is 0 Å². The Balaban J connectivity index is 3.08. The van der Waals surface area contributed by atoms with Crippen molar-refractivity contribution in [2.45, 2.75) is 32.4 Å². The van der Waals surface area contributed by atoms with E-state index >= 15 is 0 Å². The first-order valence-corrected chi connectivity index (χ1v) is 4.94. The quantitative estimate of drug-likeness (QED) is 0.661. The van der Waals surface area contributed by atoms with Crippen molar-refractivity contribution in [1.82, 2.24) is 0 Å². The van der Waals surface area contributed by atoms with Crippen LogP contribution in [-0.4, -0.2) is 0 Å². The molecule has 0 unspecified atom stereocenters. The summed E-state index contributed by atoms with van der Waals surface area (Å²) < 4.78 is 0. The van der Waals surface area contributed by atoms with Crippen LogP contribution in [0.25, 0.3) is 0 Å². The minimum atomic E-state index is 0.344. The van der Waals surface area contributed by atoms with Crippen LogP contribution in [0, 0.1) is 6.92 Å². The van der Waals surface area contributed by atoms with E-state index in [1.54, 1.807) is 0 Å². The lowest BCUT2D eigenvalue weighted by atomic mass is 10.0. The van der Waals surface area contributed by atoms with Gasteiger partial charge in [-0.1, -0.05) is 25.1 Å². The first-order chi connectivity index (χ1) is 5.65. The van der Waals surface area contributed by atoms with E-state index in [-0.39, 0.29) is 0 Å². The highest BCUT2D eigenvalue weighted by molar-refractivity contribution is 7.80. The molecule has 1 heteroatoms. The van der Waals surface area contributed by atoms with Crippen molar-refractivity contribution in [1.29, 1.82) is 0 Å². The third kappa shape index (κ3) is 2.04. The van der Waals surface area contributed by atoms with Crippen LogP contribution in [0.5, 0.6) is 0 Å². The lowest BCUT2D eigenvalue weighted by Gasteiger charge is -2.10. The fourth-order valence-corrected chi connectivity index (χ4v) is 1.64. The summed E-state index contributed by atoms with van der Waals surface area (Å²) in [6, 6.07) is 6.63. The van der Waals surface area contributed by atoms with Crippen molar-refractivity contribution in [3.63, 3.8) is 0 Å². The van der Waals surface area contributed by atoms with E-state index in [4.69, 9.17) is 0 Å². The van der Waals surface area contributed by atoms with Crippen molar-refractivity contribution >= 4 is 12.6 Å². The van der Waals surface area contributed by atoms with Crippen molar-refractivity contribution in [3.05, 3.63) is 34.9 Å². The van der Waals surface area contributed by atoms with Crippen molar-refractivity contribution in [2.75, 3.05) is 0 Å². The Morgan fingerprint density at radius 3 is 2.58 bits per heavy atom. The first-order valence-electron chi connectivity index (χ1n) is 4.42. The van der Waals surface area contributed by atoms with Crippen LogP contribution in [0.3, 0.4) is 0 Å². The third-order valence-electron chi connectivity index (χ3n) is 2.20. The van der Waals surface area contributed by atoms with E-state index in [9.17, 15) is 0 Å². The van der Waals surface area contributed by atoms with Gasteiger partial charge in [0.15, 0.2) is 0 Å². The average Bonchev–Trinajstić information content (AvgIpc) is 2.05. The molecule has 0 aliphatic carbocycles. The summed E-state index contributed by atoms with van der Waals surface area (Å²) in [5, 5.41) is 0.344. The molecule has 0 bridgehead atoms. The molecule has 0 fully saturated rings. The topological polar surface area (TPSA) is 0 Å². The SMILES string of the molecule is CCc1ccc(C)c([C@@H](C)S)c1. The minimum Gasteiger partial charge on any atom is -0.171 e. The molecule has 0 heterocycles. The highest BCUT2D eigenvalue weighted by atomic mass is 32.1. The lowest BCUT2D eigenvalue weighted by molar-refractivity contribution is 1.05. The van der Waals surface area contributed by atoms with Crippen molar-refractivity contribution in [3.8, 4) is 0 Å². The van der Waals surface area contributed by atoms with Crippen molar-refractivity contribution in [2.24, 2.45) is 0 Å². The van der Waals surface area contributed by atoms with Gasteiger partial charge < -0.3 is 0 Å². The normalized spacial score (nSPS) is 13.0. The zero-order chi connectivity index (χ0) is 9.14. The molecule has 0 saturated heterocycles. The molecule has 0 aliphatic heterocycles. The van der Waals surface area contributed by atoms with Crippen LogP contribution in [0.4, 0.5) is 0 Å². The smallest absolute Gasteiger partial charge is 0.0241 e. The molecule has 0 saturated carbocycles. The second kappa shape index (κ2) is 3.99. The number of benzene rings is 1. The summed E-state index contributed by atoms with van der Waals surface area (Å²) in [6.07, 6.45) is 1.10. The van der Waals surface area contributed by atoms with Gasteiger partial charge in [-0.15, -0.1) is 0 Å². The molecule has 66 valence electrons. The van der Waals surface area contributed by atoms with Crippen LogP contribution in [0.2, 0.25) is 0 Å². The van der Waals surface area contributed by atoms with E-state index in [2.05, 4.69) is 51.6 Å². The van der Waals surface area contributed by atoms with Gasteiger partial charge >= 0.3 is 0 Å². The second-order valence-corrected chi connectivity index (χ2v) is 4.00. The average molecular weight is 180 g/mol. The molecule has 1 aromatic carbocycles. The molecule has 1 atom stereocenters. The molecule has 0 N–H and O–H groups in total. The predicted molar refractivity (Wildman–Crippen MR) is 58.0 cm³/mol. The molecule has 0 aromatic heterocycles. The predicted octanol–water partition coefficient (Wildman–Crippen LogP) is 3.55. The van der Waals surface area contributed by atoms with Crippen LogP contribution in [0.1, 0.15) is 35.8 Å². The van der Waals surface area contributed by atoms with Gasteiger partial charge in [0.1, 0.15) is 0 Å². The van der Waals surface area contributed by atoms with E-state index in [1.165, 1.54) is 16.7 Å². The maximum Gasteiger partial charge on any atom is 0.0241 e. The van der Waals surface area contributed by atoms with Crippen molar-refractivity contribution < 1.29 is 0 Å². The fraction of sp³-hybridized carbons (Fsp3) is 0.455. The molecule has 0 amide bonds. The third-order valence-corrected chi connectivity index (χ3v) is 2.48. The zero-order valence-electron chi connectivity index (χ0n) is 7.96. The molecule has 0 spiro atoms. The maximum atomic E-state index is 4.44. The monoisotopic (exact) mass is 180 g/mol. The summed E-state index contributed by atoms with van der Waals surface area (Å²) in [4.78, 5) is 0. The Morgan fingerprint density at radius 1 is 1.42 bits per heavy atom. The molecule has 0 radical (unpaired) electrons. The number of hydrogen-bond acceptors (Lipinski definition) is 1. The van der Waals surface area contributed by atoms with Gasteiger partial charge in [0.05, 0.1) is 0 Å². The lowest BCUT2D eigenvalue weighted by Crippen LogP contribution is -1.91. The summed E-state index contributed by atoms with van der Waals surface area (Å²) >= 11 is 4.44. The Morgan fingerprint density at radius 2 is 2.08 bits per heavy atom. The summed E-state index contributed by atoms with van der Waals surface area (Å²) in [5.41, 5.74) is 4.10. The van der Waals surface area contributed by atoms with E-state index < -0.39 is 0 Å². The Kier molecular flexibility index (Phi) is 3.21. The highest BCUT2D eigenvalue weighted by Gasteiger charge is 2.03. The van der Waals surface area contributed by atoms with Gasteiger partial charge in [-0.2, -0.15) is 12.6 Å².